The first-order valence-corrected chi connectivity index (χ1v) is 8.01. The van der Waals surface area contributed by atoms with Gasteiger partial charge in [-0.15, -0.1) is 0 Å². The zero-order chi connectivity index (χ0) is 13.9. The van der Waals surface area contributed by atoms with Crippen LogP contribution in [0.2, 0.25) is 0 Å². The maximum absolute atomic E-state index is 11.5. The zero-order valence-electron chi connectivity index (χ0n) is 10.8. The summed E-state index contributed by atoms with van der Waals surface area (Å²) in [6.07, 6.45) is 4.15. The van der Waals surface area contributed by atoms with Gasteiger partial charge in [0.05, 0.1) is 18.6 Å². The summed E-state index contributed by atoms with van der Waals surface area (Å²) in [6, 6.07) is 3.51. The van der Waals surface area contributed by atoms with Crippen molar-refractivity contribution in [3.8, 4) is 5.75 Å². The fourth-order valence-corrected chi connectivity index (χ4v) is 2.97. The third kappa shape index (κ3) is 3.89. The molecule has 0 amide bonds. The maximum atomic E-state index is 11.5. The lowest BCUT2D eigenvalue weighted by Crippen LogP contribution is -2.32. The van der Waals surface area contributed by atoms with Gasteiger partial charge in [0.15, 0.2) is 0 Å². The van der Waals surface area contributed by atoms with Crippen molar-refractivity contribution < 1.29 is 18.3 Å². The summed E-state index contributed by atoms with van der Waals surface area (Å²) < 4.78 is 30.1. The lowest BCUT2D eigenvalue weighted by molar-refractivity contribution is 0.0348. The number of aliphatic hydroxyl groups excluding tert-OH is 1. The standard InChI is InChI=1S/C12H18N2O4S/c1-19(16,17)14-7-4-11(15)12(5-8-14)18-10-3-2-6-13-9-10/h2-3,6,9,11-12,15H,4-5,7-8H2,1H3/t11-,12-/m0/s1. The summed E-state index contributed by atoms with van der Waals surface area (Å²) in [5.41, 5.74) is 0. The van der Waals surface area contributed by atoms with Crippen molar-refractivity contribution in [2.24, 2.45) is 0 Å². The Morgan fingerprint density at radius 3 is 2.79 bits per heavy atom. The third-order valence-electron chi connectivity index (χ3n) is 3.16. The number of pyridine rings is 1. The fraction of sp³-hybridized carbons (Fsp3) is 0.583. The zero-order valence-corrected chi connectivity index (χ0v) is 11.6. The molecule has 2 rings (SSSR count). The van der Waals surface area contributed by atoms with Gasteiger partial charge in [0, 0.05) is 25.7 Å². The minimum absolute atomic E-state index is 0.326. The molecule has 2 heterocycles. The first-order valence-electron chi connectivity index (χ1n) is 6.16. The molecular formula is C12H18N2O4S. The highest BCUT2D eigenvalue weighted by molar-refractivity contribution is 7.88. The van der Waals surface area contributed by atoms with Crippen LogP contribution in [-0.4, -0.2) is 54.4 Å². The molecule has 0 bridgehead atoms. The first kappa shape index (κ1) is 14.2. The SMILES string of the molecule is CS(=O)(=O)N1CC[C@H](Oc2cccnc2)[C@@H](O)CC1. The van der Waals surface area contributed by atoms with Crippen molar-refractivity contribution >= 4 is 10.0 Å². The van der Waals surface area contributed by atoms with Crippen molar-refractivity contribution in [3.05, 3.63) is 24.5 Å². The Morgan fingerprint density at radius 2 is 2.16 bits per heavy atom. The van der Waals surface area contributed by atoms with Gasteiger partial charge in [-0.25, -0.2) is 12.7 Å². The summed E-state index contributed by atoms with van der Waals surface area (Å²) in [5, 5.41) is 10.0. The van der Waals surface area contributed by atoms with Gasteiger partial charge in [0.25, 0.3) is 0 Å². The molecule has 7 heteroatoms. The van der Waals surface area contributed by atoms with Crippen LogP contribution in [0.3, 0.4) is 0 Å². The molecule has 0 unspecified atom stereocenters. The average Bonchev–Trinajstić information content (AvgIpc) is 2.53. The van der Waals surface area contributed by atoms with E-state index in [1.807, 2.05) is 0 Å². The highest BCUT2D eigenvalue weighted by atomic mass is 32.2. The van der Waals surface area contributed by atoms with Gasteiger partial charge >= 0.3 is 0 Å². The lowest BCUT2D eigenvalue weighted by atomic mass is 10.1. The average molecular weight is 286 g/mol. The Kier molecular flexibility index (Phi) is 4.38. The van der Waals surface area contributed by atoms with Gasteiger partial charge in [0.2, 0.25) is 10.0 Å². The molecule has 0 radical (unpaired) electrons. The number of ether oxygens (including phenoxy) is 1. The second kappa shape index (κ2) is 5.85. The first-order chi connectivity index (χ1) is 8.97. The Hall–Kier alpha value is -1.18. The Labute approximate surface area is 113 Å². The molecule has 0 spiro atoms. The third-order valence-corrected chi connectivity index (χ3v) is 4.46. The fourth-order valence-electron chi connectivity index (χ4n) is 2.10. The van der Waals surface area contributed by atoms with E-state index in [2.05, 4.69) is 4.98 Å². The van der Waals surface area contributed by atoms with Gasteiger partial charge in [0.1, 0.15) is 11.9 Å². The Morgan fingerprint density at radius 1 is 1.42 bits per heavy atom. The highest BCUT2D eigenvalue weighted by Crippen LogP contribution is 2.19. The maximum Gasteiger partial charge on any atom is 0.211 e. The van der Waals surface area contributed by atoms with E-state index < -0.39 is 22.2 Å². The quantitative estimate of drug-likeness (QED) is 0.861. The number of hydrogen-bond donors (Lipinski definition) is 1. The van der Waals surface area contributed by atoms with Crippen LogP contribution < -0.4 is 4.74 Å². The predicted octanol–water partition coefficient (Wildman–Crippen LogP) is 0.245. The number of sulfonamides is 1. The molecule has 0 saturated carbocycles. The van der Waals surface area contributed by atoms with Gasteiger partial charge < -0.3 is 9.84 Å². The van der Waals surface area contributed by atoms with Gasteiger partial charge in [-0.3, -0.25) is 4.98 Å². The van der Waals surface area contributed by atoms with Crippen LogP contribution in [0, 0.1) is 0 Å². The molecule has 1 N–H and O–H groups in total. The summed E-state index contributed by atoms with van der Waals surface area (Å²) in [7, 11) is -3.21. The van der Waals surface area contributed by atoms with Crippen molar-refractivity contribution in [2.45, 2.75) is 25.0 Å². The topological polar surface area (TPSA) is 79.7 Å². The summed E-state index contributed by atoms with van der Waals surface area (Å²) >= 11 is 0. The second-order valence-corrected chi connectivity index (χ2v) is 6.63. The van der Waals surface area contributed by atoms with Crippen molar-refractivity contribution in [1.29, 1.82) is 0 Å². The van der Waals surface area contributed by atoms with E-state index in [9.17, 15) is 13.5 Å². The summed E-state index contributed by atoms with van der Waals surface area (Å²) in [5.74, 6) is 0.583. The molecule has 1 aromatic heterocycles. The summed E-state index contributed by atoms with van der Waals surface area (Å²) in [4.78, 5) is 3.94. The number of nitrogens with zero attached hydrogens (tertiary/aromatic N) is 2. The van der Waals surface area contributed by atoms with Crippen LogP contribution >= 0.6 is 0 Å². The van der Waals surface area contributed by atoms with Crippen LogP contribution in [0.5, 0.6) is 5.75 Å². The van der Waals surface area contributed by atoms with Gasteiger partial charge in [-0.2, -0.15) is 0 Å². The highest BCUT2D eigenvalue weighted by Gasteiger charge is 2.29. The van der Waals surface area contributed by atoms with E-state index in [1.165, 1.54) is 10.6 Å². The Bertz CT molecular complexity index is 506. The van der Waals surface area contributed by atoms with Crippen molar-refractivity contribution in [1.82, 2.24) is 9.29 Å². The molecule has 106 valence electrons. The van der Waals surface area contributed by atoms with Crippen LogP contribution in [0.1, 0.15) is 12.8 Å². The second-order valence-electron chi connectivity index (χ2n) is 4.65. The molecule has 1 aromatic rings. The summed E-state index contributed by atoms with van der Waals surface area (Å²) in [6.45, 7) is 0.688. The van der Waals surface area contributed by atoms with Gasteiger partial charge in [-0.05, 0) is 18.6 Å². The lowest BCUT2D eigenvalue weighted by Gasteiger charge is -2.21. The van der Waals surface area contributed by atoms with E-state index in [1.54, 1.807) is 24.5 Å². The molecule has 1 fully saturated rings. The van der Waals surface area contributed by atoms with Crippen LogP contribution in [0.15, 0.2) is 24.5 Å². The molecule has 0 aromatic carbocycles. The molecule has 1 aliphatic rings. The van der Waals surface area contributed by atoms with Crippen LogP contribution in [0.4, 0.5) is 0 Å². The van der Waals surface area contributed by atoms with Crippen molar-refractivity contribution in [2.75, 3.05) is 19.3 Å². The molecule has 6 nitrogen and oxygen atoms in total. The number of aromatic nitrogens is 1. The van der Waals surface area contributed by atoms with Crippen molar-refractivity contribution in [3.63, 3.8) is 0 Å². The molecule has 19 heavy (non-hydrogen) atoms. The van der Waals surface area contributed by atoms with E-state index >= 15 is 0 Å². The molecule has 1 saturated heterocycles. The van der Waals surface area contributed by atoms with Gasteiger partial charge in [-0.1, -0.05) is 0 Å². The van der Waals surface area contributed by atoms with E-state index in [0.717, 1.165) is 0 Å². The predicted molar refractivity (Wildman–Crippen MR) is 70.3 cm³/mol. The van der Waals surface area contributed by atoms with E-state index in [4.69, 9.17) is 4.74 Å². The molecule has 2 atom stereocenters. The molecule has 1 aliphatic heterocycles. The Balaban J connectivity index is 2.03. The van der Waals surface area contributed by atoms with E-state index in [0.29, 0.717) is 31.7 Å². The minimum Gasteiger partial charge on any atom is -0.486 e. The number of rotatable bonds is 3. The number of aliphatic hydroxyl groups is 1. The molecular weight excluding hydrogens is 268 g/mol. The number of hydrogen-bond acceptors (Lipinski definition) is 5. The largest absolute Gasteiger partial charge is 0.486 e. The van der Waals surface area contributed by atoms with E-state index in [-0.39, 0.29) is 0 Å². The normalized spacial score (nSPS) is 25.8. The van der Waals surface area contributed by atoms with Crippen LogP contribution in [0.25, 0.3) is 0 Å². The minimum atomic E-state index is -3.21. The monoisotopic (exact) mass is 286 g/mol. The molecule has 0 aliphatic carbocycles. The smallest absolute Gasteiger partial charge is 0.211 e. The van der Waals surface area contributed by atoms with Crippen LogP contribution in [-0.2, 0) is 10.0 Å².